The van der Waals surface area contributed by atoms with Crippen LogP contribution in [0.2, 0.25) is 0 Å². The van der Waals surface area contributed by atoms with E-state index in [2.05, 4.69) is 20.9 Å². The van der Waals surface area contributed by atoms with Gasteiger partial charge in [-0.25, -0.2) is 9.78 Å². The van der Waals surface area contributed by atoms with Gasteiger partial charge in [0.05, 0.1) is 6.04 Å². The summed E-state index contributed by atoms with van der Waals surface area (Å²) in [7, 11) is 0. The zero-order valence-electron chi connectivity index (χ0n) is 19.3. The number of carbonyl (C=O) groups is 2. The van der Waals surface area contributed by atoms with Gasteiger partial charge in [0.25, 0.3) is 5.91 Å². The van der Waals surface area contributed by atoms with Crippen LogP contribution in [0.4, 0.5) is 10.5 Å². The van der Waals surface area contributed by atoms with Crippen molar-refractivity contribution in [3.8, 4) is 5.69 Å². The predicted molar refractivity (Wildman–Crippen MR) is 129 cm³/mol. The Morgan fingerprint density at radius 1 is 1.20 bits per heavy atom. The van der Waals surface area contributed by atoms with E-state index in [9.17, 15) is 19.8 Å². The van der Waals surface area contributed by atoms with Crippen LogP contribution in [0.15, 0.2) is 54.9 Å². The third kappa shape index (κ3) is 4.76. The minimum atomic E-state index is -0.974. The van der Waals surface area contributed by atoms with E-state index in [1.165, 1.54) is 0 Å². The van der Waals surface area contributed by atoms with Gasteiger partial charge in [-0.3, -0.25) is 10.1 Å². The van der Waals surface area contributed by atoms with Crippen molar-refractivity contribution in [2.45, 2.75) is 51.4 Å². The van der Waals surface area contributed by atoms with Gasteiger partial charge in [0, 0.05) is 42.4 Å². The quantitative estimate of drug-likeness (QED) is 0.382. The van der Waals surface area contributed by atoms with Crippen LogP contribution in [0.25, 0.3) is 5.69 Å². The molecule has 10 heteroatoms. The molecule has 3 atom stereocenters. The minimum absolute atomic E-state index is 0.132. The molecule has 182 valence electrons. The molecule has 5 N–H and O–H groups in total. The third-order valence-electron chi connectivity index (χ3n) is 6.53. The third-order valence-corrected chi connectivity index (χ3v) is 6.53. The highest BCUT2D eigenvalue weighted by atomic mass is 16.3. The van der Waals surface area contributed by atoms with Crippen LogP contribution in [-0.4, -0.2) is 55.1 Å². The molecule has 2 aromatic carbocycles. The van der Waals surface area contributed by atoms with Crippen LogP contribution in [-0.2, 0) is 13.1 Å². The van der Waals surface area contributed by atoms with Gasteiger partial charge >= 0.3 is 6.03 Å². The molecule has 10 nitrogen and oxygen atoms in total. The summed E-state index contributed by atoms with van der Waals surface area (Å²) >= 11 is 0. The van der Waals surface area contributed by atoms with Crippen molar-refractivity contribution >= 4 is 17.6 Å². The maximum Gasteiger partial charge on any atom is 0.319 e. The second kappa shape index (κ2) is 9.49. The lowest BCUT2D eigenvalue weighted by atomic mass is 10.0. The van der Waals surface area contributed by atoms with Crippen LogP contribution in [0, 0.1) is 6.92 Å². The number of benzene rings is 2. The van der Waals surface area contributed by atoms with Gasteiger partial charge < -0.3 is 30.3 Å². The number of piperidine rings is 1. The molecule has 0 bridgehead atoms. The fourth-order valence-electron chi connectivity index (χ4n) is 4.72. The smallest absolute Gasteiger partial charge is 0.319 e. The lowest BCUT2D eigenvalue weighted by Crippen LogP contribution is -2.56. The van der Waals surface area contributed by atoms with Gasteiger partial charge in [-0.15, -0.1) is 0 Å². The summed E-state index contributed by atoms with van der Waals surface area (Å²) < 4.78 is 1.93. The highest BCUT2D eigenvalue weighted by Gasteiger charge is 2.38. The van der Waals surface area contributed by atoms with Crippen molar-refractivity contribution in [2.24, 2.45) is 0 Å². The number of aromatic nitrogens is 2. The lowest BCUT2D eigenvalue weighted by molar-refractivity contribution is -0.0477. The molecule has 0 spiro atoms. The van der Waals surface area contributed by atoms with E-state index in [0.717, 1.165) is 22.6 Å². The van der Waals surface area contributed by atoms with Crippen LogP contribution in [0.1, 0.15) is 40.2 Å². The van der Waals surface area contributed by atoms with Gasteiger partial charge in [-0.2, -0.15) is 0 Å². The highest BCUT2D eigenvalue weighted by molar-refractivity contribution is 5.98. The number of imidazole rings is 1. The van der Waals surface area contributed by atoms with Gasteiger partial charge in [0.2, 0.25) is 0 Å². The van der Waals surface area contributed by atoms with Crippen molar-refractivity contribution in [3.63, 3.8) is 0 Å². The summed E-state index contributed by atoms with van der Waals surface area (Å²) in [5.74, 6) is 0.722. The summed E-state index contributed by atoms with van der Waals surface area (Å²) in [6.45, 7) is 2.59. The SMILES string of the molecule is Cc1nccn1-c1cccc(NC(=O)NCc2ccc3c(c2)CN(C2CCC(O)NC2O)C3=O)c1. The van der Waals surface area contributed by atoms with E-state index in [1.54, 1.807) is 17.2 Å². The minimum Gasteiger partial charge on any atom is -0.379 e. The second-order valence-electron chi connectivity index (χ2n) is 8.90. The molecule has 0 radical (unpaired) electrons. The number of nitrogens with one attached hydrogen (secondary N) is 3. The number of rotatable bonds is 5. The van der Waals surface area contributed by atoms with Crippen LogP contribution < -0.4 is 16.0 Å². The molecule has 0 saturated carbocycles. The molecule has 3 heterocycles. The topological polar surface area (TPSA) is 132 Å². The fraction of sp³-hybridized carbons (Fsp3) is 0.320. The van der Waals surface area contributed by atoms with Gasteiger partial charge in [-0.05, 0) is 55.2 Å². The van der Waals surface area contributed by atoms with Crippen molar-refractivity contribution in [2.75, 3.05) is 5.32 Å². The van der Waals surface area contributed by atoms with Crippen molar-refractivity contribution in [3.05, 3.63) is 77.4 Å². The van der Waals surface area contributed by atoms with E-state index in [0.29, 0.717) is 37.2 Å². The average Bonchev–Trinajstić information content (AvgIpc) is 3.41. The highest BCUT2D eigenvalue weighted by Crippen LogP contribution is 2.29. The Bertz CT molecular complexity index is 1260. The van der Waals surface area contributed by atoms with Crippen molar-refractivity contribution in [1.82, 2.24) is 25.1 Å². The maximum absolute atomic E-state index is 12.9. The molecule has 35 heavy (non-hydrogen) atoms. The monoisotopic (exact) mass is 476 g/mol. The van der Waals surface area contributed by atoms with Crippen LogP contribution >= 0.6 is 0 Å². The number of aliphatic hydroxyl groups is 2. The molecule has 3 aromatic rings. The molecule has 2 aliphatic rings. The van der Waals surface area contributed by atoms with Crippen LogP contribution in [0.3, 0.4) is 0 Å². The Kier molecular flexibility index (Phi) is 6.25. The molecular formula is C25H28N6O4. The fourth-order valence-corrected chi connectivity index (χ4v) is 4.72. The number of hydrogen-bond acceptors (Lipinski definition) is 6. The molecule has 3 amide bonds. The molecular weight excluding hydrogens is 448 g/mol. The number of carbonyl (C=O) groups excluding carboxylic acids is 2. The van der Waals surface area contributed by atoms with Crippen molar-refractivity contribution < 1.29 is 19.8 Å². The summed E-state index contributed by atoms with van der Waals surface area (Å²) in [6, 6.07) is 12.3. The van der Waals surface area contributed by atoms with Gasteiger partial charge in [0.1, 0.15) is 18.3 Å². The maximum atomic E-state index is 12.9. The summed E-state index contributed by atoms with van der Waals surface area (Å²) in [5, 5.41) is 28.3. The van der Waals surface area contributed by atoms with E-state index >= 15 is 0 Å². The first-order valence-electron chi connectivity index (χ1n) is 11.6. The first kappa shape index (κ1) is 23.0. The second-order valence-corrected chi connectivity index (χ2v) is 8.90. The average molecular weight is 477 g/mol. The predicted octanol–water partition coefficient (Wildman–Crippen LogP) is 1.85. The van der Waals surface area contributed by atoms with Gasteiger partial charge in [0.15, 0.2) is 0 Å². The van der Waals surface area contributed by atoms with E-state index < -0.39 is 18.5 Å². The Hall–Kier alpha value is -3.73. The summed E-state index contributed by atoms with van der Waals surface area (Å²) in [6.07, 6.45) is 2.84. The Morgan fingerprint density at radius 3 is 2.83 bits per heavy atom. The molecule has 1 saturated heterocycles. The van der Waals surface area contributed by atoms with Gasteiger partial charge in [-0.1, -0.05) is 18.2 Å². The number of aryl methyl sites for hydroxylation is 1. The molecule has 1 aromatic heterocycles. The normalized spacial score (nSPS) is 21.6. The molecule has 3 unspecified atom stereocenters. The molecule has 0 aliphatic carbocycles. The number of amides is 3. The summed E-state index contributed by atoms with van der Waals surface area (Å²) in [5.41, 5.74) is 3.89. The largest absolute Gasteiger partial charge is 0.379 e. The number of hydrogen-bond donors (Lipinski definition) is 5. The zero-order chi connectivity index (χ0) is 24.5. The molecule has 2 aliphatic heterocycles. The number of anilines is 1. The van der Waals surface area contributed by atoms with E-state index in [1.807, 2.05) is 54.1 Å². The standard InChI is InChI=1S/C25H28N6O4/c1-15-26-9-10-30(15)19-4-2-3-18(12-19)28-25(35)27-13-16-5-6-20-17(11-16)14-31(24(20)34)21-7-8-22(32)29-23(21)33/h2-6,9-12,21-23,29,32-33H,7-8,13-14H2,1H3,(H2,27,28,35). The summed E-state index contributed by atoms with van der Waals surface area (Å²) in [4.78, 5) is 31.2. The van der Waals surface area contributed by atoms with E-state index in [4.69, 9.17) is 0 Å². The van der Waals surface area contributed by atoms with Crippen molar-refractivity contribution in [1.29, 1.82) is 0 Å². The Balaban J connectivity index is 1.20. The first-order chi connectivity index (χ1) is 16.9. The molecule has 5 rings (SSSR count). The number of fused-ring (bicyclic) bond motifs is 1. The Labute approximate surface area is 202 Å². The lowest BCUT2D eigenvalue weighted by Gasteiger charge is -2.37. The zero-order valence-corrected chi connectivity index (χ0v) is 19.3. The number of urea groups is 1. The molecule has 1 fully saturated rings. The number of aliphatic hydroxyl groups excluding tert-OH is 2. The Morgan fingerprint density at radius 2 is 2.06 bits per heavy atom. The number of nitrogens with zero attached hydrogens (tertiary/aromatic N) is 3. The first-order valence-corrected chi connectivity index (χ1v) is 11.6. The van der Waals surface area contributed by atoms with E-state index in [-0.39, 0.29) is 11.9 Å². The van der Waals surface area contributed by atoms with Crippen LogP contribution in [0.5, 0.6) is 0 Å².